The smallest absolute Gasteiger partial charge is 0.300 e. The average molecular weight is 684 g/mol. The van der Waals surface area contributed by atoms with Crippen molar-refractivity contribution in [2.45, 2.75) is 71.9 Å². The molecule has 12 heteroatoms. The van der Waals surface area contributed by atoms with E-state index in [9.17, 15) is 4.79 Å². The van der Waals surface area contributed by atoms with Gasteiger partial charge in [-0.1, -0.05) is 51.9 Å². The maximum Gasteiger partial charge on any atom is 0.300 e. The van der Waals surface area contributed by atoms with Crippen LogP contribution in [0.5, 0.6) is 5.75 Å². The van der Waals surface area contributed by atoms with Crippen LogP contribution < -0.4 is 15.2 Å². The third kappa shape index (κ3) is 5.08. The van der Waals surface area contributed by atoms with Gasteiger partial charge >= 0.3 is 0 Å². The Kier molecular flexibility index (Phi) is 8.21. The number of ether oxygens (including phenoxy) is 1. The third-order valence-corrected chi connectivity index (χ3v) is 10.1. The molecule has 5 aromatic rings. The number of carbonyl (C=O) groups is 1. The van der Waals surface area contributed by atoms with Crippen LogP contribution in [-0.2, 0) is 4.79 Å². The maximum absolute atomic E-state index is 18.0. The molecule has 1 amide bonds. The van der Waals surface area contributed by atoms with Crippen molar-refractivity contribution < 1.29 is 13.9 Å². The van der Waals surface area contributed by atoms with Crippen LogP contribution in [0.25, 0.3) is 38.8 Å². The lowest BCUT2D eigenvalue weighted by molar-refractivity contribution is -0.128. The van der Waals surface area contributed by atoms with Crippen molar-refractivity contribution in [2.75, 3.05) is 24.6 Å². The van der Waals surface area contributed by atoms with Gasteiger partial charge in [-0.3, -0.25) is 14.2 Å². The molecule has 49 heavy (non-hydrogen) atoms. The standard InChI is InChI=1S/C37H39ClFN7O3/c1-8-26(47)44-15-22-11-12-49-36-34(45(22)14-21(44)7)23-13-24(38)28(27-20(6)9-10-25-32(27)43-16-40-25)29(39)33(23)46(37(36)48)35-30(18(2)3)41-17-42-31(35)19(4)5/h8-10,13,16-19,21-22H,1,11-12,14-15H2,2-7H3,(H,40,43). The van der Waals surface area contributed by atoms with Gasteiger partial charge in [0.1, 0.15) is 6.33 Å². The van der Waals surface area contributed by atoms with E-state index in [1.807, 2.05) is 53.7 Å². The van der Waals surface area contributed by atoms with Crippen LogP contribution in [0.3, 0.4) is 0 Å². The molecule has 0 saturated carbocycles. The van der Waals surface area contributed by atoms with Gasteiger partial charge in [0.25, 0.3) is 5.56 Å². The molecule has 7 rings (SSSR count). The summed E-state index contributed by atoms with van der Waals surface area (Å²) in [6.07, 6.45) is 4.93. The molecule has 1 saturated heterocycles. The van der Waals surface area contributed by atoms with Crippen molar-refractivity contribution >= 4 is 45.1 Å². The van der Waals surface area contributed by atoms with Crippen LogP contribution >= 0.6 is 11.6 Å². The van der Waals surface area contributed by atoms with Gasteiger partial charge in [-0.05, 0) is 49.5 Å². The predicted molar refractivity (Wildman–Crippen MR) is 191 cm³/mol. The minimum atomic E-state index is -0.663. The number of aromatic nitrogens is 5. The zero-order valence-electron chi connectivity index (χ0n) is 28.5. The highest BCUT2D eigenvalue weighted by atomic mass is 35.5. The molecule has 2 aliphatic rings. The first-order valence-electron chi connectivity index (χ1n) is 16.7. The van der Waals surface area contributed by atoms with Crippen molar-refractivity contribution in [3.05, 3.63) is 81.7 Å². The summed E-state index contributed by atoms with van der Waals surface area (Å²) in [7, 11) is 0. The van der Waals surface area contributed by atoms with E-state index in [2.05, 4.69) is 31.4 Å². The number of amides is 1. The van der Waals surface area contributed by atoms with Gasteiger partial charge in [-0.25, -0.2) is 19.3 Å². The van der Waals surface area contributed by atoms with Crippen molar-refractivity contribution in [3.8, 4) is 22.6 Å². The minimum Gasteiger partial charge on any atom is -0.486 e. The first kappa shape index (κ1) is 32.8. The van der Waals surface area contributed by atoms with E-state index in [-0.39, 0.29) is 58.3 Å². The number of H-pyrrole nitrogens is 1. The first-order chi connectivity index (χ1) is 23.4. The average Bonchev–Trinajstić information content (AvgIpc) is 3.47. The molecular formula is C37H39ClFN7O3. The van der Waals surface area contributed by atoms with Crippen molar-refractivity contribution in [1.29, 1.82) is 0 Å². The molecule has 10 nitrogen and oxygen atoms in total. The lowest BCUT2D eigenvalue weighted by Crippen LogP contribution is -2.59. The fourth-order valence-electron chi connectivity index (χ4n) is 7.48. The van der Waals surface area contributed by atoms with Gasteiger partial charge in [0.2, 0.25) is 11.7 Å². The summed E-state index contributed by atoms with van der Waals surface area (Å²) in [4.78, 5) is 48.7. The Hall–Kier alpha value is -4.77. The van der Waals surface area contributed by atoms with E-state index in [0.717, 1.165) is 11.1 Å². The van der Waals surface area contributed by atoms with Gasteiger partial charge in [0.15, 0.2) is 5.82 Å². The monoisotopic (exact) mass is 683 g/mol. The second-order valence-corrected chi connectivity index (χ2v) is 14.0. The first-order valence-corrected chi connectivity index (χ1v) is 17.0. The number of aryl methyl sites for hydroxylation is 1. The SMILES string of the molecule is C=CC(=O)N1CC2CCOc3c(c4cc(Cl)c(-c5c(C)ccc6[nH]cnc56)c(F)c4n(-c4c(C(C)C)ncnc4C(C)C)c3=O)N2CC1C. The van der Waals surface area contributed by atoms with Gasteiger partial charge < -0.3 is 19.5 Å². The number of hydrogen-bond acceptors (Lipinski definition) is 7. The van der Waals surface area contributed by atoms with Crippen LogP contribution in [0.4, 0.5) is 10.1 Å². The number of aromatic amines is 1. The zero-order chi connectivity index (χ0) is 34.9. The lowest BCUT2D eigenvalue weighted by atomic mass is 9.95. The van der Waals surface area contributed by atoms with Crippen LogP contribution in [0, 0.1) is 12.7 Å². The maximum atomic E-state index is 18.0. The van der Waals surface area contributed by atoms with E-state index in [1.165, 1.54) is 17.0 Å². The van der Waals surface area contributed by atoms with Crippen molar-refractivity contribution in [1.82, 2.24) is 29.4 Å². The topological polar surface area (TPSA) is 109 Å². The fraction of sp³-hybridized carbons (Fsp3) is 0.378. The molecule has 0 spiro atoms. The van der Waals surface area contributed by atoms with Gasteiger partial charge in [0.05, 0.1) is 63.3 Å². The number of nitrogens with zero attached hydrogens (tertiary/aromatic N) is 6. The molecule has 5 heterocycles. The summed E-state index contributed by atoms with van der Waals surface area (Å²) in [5, 5.41) is 0.589. The van der Waals surface area contributed by atoms with Gasteiger partial charge in [-0.2, -0.15) is 0 Å². The van der Waals surface area contributed by atoms with Gasteiger partial charge in [0, 0.05) is 42.1 Å². The largest absolute Gasteiger partial charge is 0.486 e. The van der Waals surface area contributed by atoms with E-state index in [0.29, 0.717) is 58.7 Å². The van der Waals surface area contributed by atoms with Crippen LogP contribution in [0.1, 0.15) is 69.8 Å². The molecule has 0 radical (unpaired) electrons. The number of halogens is 2. The molecular weight excluding hydrogens is 645 g/mol. The Bertz CT molecular complexity index is 2200. The van der Waals surface area contributed by atoms with Crippen LogP contribution in [0.15, 0.2) is 48.3 Å². The summed E-state index contributed by atoms with van der Waals surface area (Å²) in [6.45, 7) is 16.5. The van der Waals surface area contributed by atoms with Crippen LogP contribution in [-0.4, -0.2) is 67.1 Å². The van der Waals surface area contributed by atoms with Crippen LogP contribution in [0.2, 0.25) is 5.02 Å². The minimum absolute atomic E-state index is 0.0511. The molecule has 0 bridgehead atoms. The Balaban J connectivity index is 1.64. The number of benzene rings is 2. The second-order valence-electron chi connectivity index (χ2n) is 13.6. The van der Waals surface area contributed by atoms with Crippen molar-refractivity contribution in [3.63, 3.8) is 0 Å². The van der Waals surface area contributed by atoms with E-state index in [1.54, 1.807) is 17.3 Å². The molecule has 0 aliphatic carbocycles. The predicted octanol–water partition coefficient (Wildman–Crippen LogP) is 7.05. The zero-order valence-corrected chi connectivity index (χ0v) is 29.2. The van der Waals surface area contributed by atoms with E-state index >= 15 is 9.18 Å². The molecule has 2 aliphatic heterocycles. The quantitative estimate of drug-likeness (QED) is 0.198. The summed E-state index contributed by atoms with van der Waals surface area (Å²) < 4.78 is 25.7. The van der Waals surface area contributed by atoms with E-state index < -0.39 is 11.4 Å². The Morgan fingerprint density at radius 3 is 2.49 bits per heavy atom. The fourth-order valence-corrected chi connectivity index (χ4v) is 7.76. The number of anilines is 1. The van der Waals surface area contributed by atoms with Gasteiger partial charge in [-0.15, -0.1) is 0 Å². The summed E-state index contributed by atoms with van der Waals surface area (Å²) in [5.41, 5.74) is 4.42. The molecule has 3 aromatic heterocycles. The highest BCUT2D eigenvalue weighted by Crippen LogP contribution is 2.47. The highest BCUT2D eigenvalue weighted by molar-refractivity contribution is 6.35. The third-order valence-electron chi connectivity index (χ3n) is 9.81. The molecule has 2 atom stereocenters. The normalized spacial score (nSPS) is 17.8. The Morgan fingerprint density at radius 2 is 1.82 bits per heavy atom. The summed E-state index contributed by atoms with van der Waals surface area (Å²) in [6, 6.07) is 5.11. The summed E-state index contributed by atoms with van der Waals surface area (Å²) >= 11 is 7.14. The second kappa shape index (κ2) is 12.3. The number of piperazine rings is 1. The number of rotatable bonds is 5. The lowest BCUT2D eigenvalue weighted by Gasteiger charge is -2.45. The van der Waals surface area contributed by atoms with Crippen molar-refractivity contribution in [2.24, 2.45) is 0 Å². The highest BCUT2D eigenvalue weighted by Gasteiger charge is 2.40. The molecule has 2 unspecified atom stereocenters. The molecule has 1 fully saturated rings. The Labute approximate surface area is 288 Å². The molecule has 254 valence electrons. The molecule has 2 aromatic carbocycles. The number of carbonyl (C=O) groups excluding carboxylic acids is 1. The summed E-state index contributed by atoms with van der Waals surface area (Å²) in [5.74, 6) is -0.956. The van der Waals surface area contributed by atoms with E-state index in [4.69, 9.17) is 16.3 Å². The number of nitrogens with one attached hydrogen (secondary N) is 1. The number of fused-ring (bicyclic) bond motifs is 6. The number of imidazole rings is 1. The Morgan fingerprint density at radius 1 is 1.10 bits per heavy atom. The number of pyridine rings is 1. The molecule has 1 N–H and O–H groups in total. The number of hydrogen-bond donors (Lipinski definition) is 1.